The molecule has 0 spiro atoms. The minimum Gasteiger partial charge on any atom is -0.436 e. The highest BCUT2D eigenvalue weighted by molar-refractivity contribution is 5.83. The Hall–Kier alpha value is -2.62. The van der Waals surface area contributed by atoms with Gasteiger partial charge in [-0.15, -0.1) is 0 Å². The molecule has 4 aromatic rings. The fraction of sp³-hybridized carbons (Fsp3) is 0.364. The van der Waals surface area contributed by atoms with Crippen LogP contribution in [-0.4, -0.2) is 15.0 Å². The Morgan fingerprint density at radius 2 is 1.69 bits per heavy atom. The van der Waals surface area contributed by atoms with Crippen LogP contribution in [0.2, 0.25) is 0 Å². The summed E-state index contributed by atoms with van der Waals surface area (Å²) in [4.78, 5) is 12.6. The number of hydrogen-bond acceptors (Lipinski definition) is 3. The van der Waals surface area contributed by atoms with Gasteiger partial charge in [-0.25, -0.2) is 9.97 Å². The van der Waals surface area contributed by atoms with Gasteiger partial charge in [-0.3, -0.25) is 0 Å². The van der Waals surface area contributed by atoms with Crippen LogP contribution < -0.4 is 0 Å². The monoisotopic (exact) mass is 347 g/mol. The summed E-state index contributed by atoms with van der Waals surface area (Å²) < 4.78 is 6.05. The third-order valence-corrected chi connectivity index (χ3v) is 4.78. The number of nitrogens with one attached hydrogen (secondary N) is 1. The summed E-state index contributed by atoms with van der Waals surface area (Å²) in [6.45, 7) is 13.1. The van der Waals surface area contributed by atoms with Gasteiger partial charge in [0, 0.05) is 22.7 Å². The highest BCUT2D eigenvalue weighted by atomic mass is 16.3. The molecule has 0 fully saturated rings. The van der Waals surface area contributed by atoms with Crippen molar-refractivity contribution in [3.63, 3.8) is 0 Å². The third-order valence-electron chi connectivity index (χ3n) is 4.78. The van der Waals surface area contributed by atoms with Crippen LogP contribution in [0.5, 0.6) is 0 Å². The van der Waals surface area contributed by atoms with Crippen LogP contribution >= 0.6 is 0 Å². The van der Waals surface area contributed by atoms with Crippen LogP contribution in [0, 0.1) is 0 Å². The van der Waals surface area contributed by atoms with Crippen molar-refractivity contribution in [2.45, 2.75) is 52.4 Å². The second-order valence-electron chi connectivity index (χ2n) is 9.05. The van der Waals surface area contributed by atoms with E-state index in [0.29, 0.717) is 5.89 Å². The maximum Gasteiger partial charge on any atom is 0.228 e. The maximum absolute atomic E-state index is 6.05. The number of hydrogen-bond donors (Lipinski definition) is 1. The van der Waals surface area contributed by atoms with Crippen LogP contribution in [0.25, 0.3) is 33.6 Å². The lowest BCUT2D eigenvalue weighted by molar-refractivity contribution is 0.574. The summed E-state index contributed by atoms with van der Waals surface area (Å²) in [5.74, 6) is 0.610. The smallest absolute Gasteiger partial charge is 0.228 e. The Morgan fingerprint density at radius 1 is 0.923 bits per heavy atom. The number of nitrogens with zero attached hydrogens (tertiary/aromatic N) is 2. The molecule has 0 unspecified atom stereocenters. The largest absolute Gasteiger partial charge is 0.436 e. The average molecular weight is 347 g/mol. The van der Waals surface area contributed by atoms with Gasteiger partial charge in [-0.2, -0.15) is 0 Å². The van der Waals surface area contributed by atoms with Gasteiger partial charge in [0.1, 0.15) is 11.2 Å². The molecule has 0 amide bonds. The summed E-state index contributed by atoms with van der Waals surface area (Å²) in [5.41, 5.74) is 6.02. The maximum atomic E-state index is 6.05. The van der Waals surface area contributed by atoms with E-state index in [1.807, 2.05) is 12.3 Å². The molecule has 0 aliphatic heterocycles. The number of aromatic nitrogens is 3. The minimum atomic E-state index is 0.0574. The Labute approximate surface area is 153 Å². The average Bonchev–Trinajstić information content (AvgIpc) is 3.16. The van der Waals surface area contributed by atoms with E-state index in [-0.39, 0.29) is 10.8 Å². The summed E-state index contributed by atoms with van der Waals surface area (Å²) in [6.07, 6.45) is 1.82. The predicted molar refractivity (Wildman–Crippen MR) is 106 cm³/mol. The molecule has 3 heterocycles. The minimum absolute atomic E-state index is 0.0574. The number of pyridine rings is 1. The van der Waals surface area contributed by atoms with Crippen LogP contribution in [0.4, 0.5) is 0 Å². The molecule has 26 heavy (non-hydrogen) atoms. The van der Waals surface area contributed by atoms with E-state index in [2.05, 4.69) is 80.8 Å². The quantitative estimate of drug-likeness (QED) is 0.462. The Bertz CT molecular complexity index is 1090. The van der Waals surface area contributed by atoms with Gasteiger partial charge < -0.3 is 9.40 Å². The fourth-order valence-electron chi connectivity index (χ4n) is 3.05. The number of fused-ring (bicyclic) bond motifs is 2. The van der Waals surface area contributed by atoms with Gasteiger partial charge in [0.05, 0.1) is 5.56 Å². The predicted octanol–water partition coefficient (Wildman–Crippen LogP) is 5.97. The first-order valence-electron chi connectivity index (χ1n) is 9.02. The fourth-order valence-corrected chi connectivity index (χ4v) is 3.05. The van der Waals surface area contributed by atoms with E-state index < -0.39 is 0 Å². The van der Waals surface area contributed by atoms with Crippen LogP contribution in [-0.2, 0) is 10.8 Å². The zero-order valence-corrected chi connectivity index (χ0v) is 16.3. The van der Waals surface area contributed by atoms with E-state index in [9.17, 15) is 0 Å². The third kappa shape index (κ3) is 2.90. The van der Waals surface area contributed by atoms with Gasteiger partial charge in [-0.1, -0.05) is 47.6 Å². The van der Waals surface area contributed by atoms with E-state index in [4.69, 9.17) is 4.42 Å². The molecule has 1 aromatic carbocycles. The van der Waals surface area contributed by atoms with E-state index in [1.54, 1.807) is 0 Å². The SMILES string of the molecule is CC(C)(C)c1ccc2nc(-c3cnc4[nH]c(C(C)(C)C)cc4c3)oc2c1. The molecule has 4 rings (SSSR count). The molecule has 4 nitrogen and oxygen atoms in total. The van der Waals surface area contributed by atoms with Crippen molar-refractivity contribution in [2.24, 2.45) is 0 Å². The number of benzene rings is 1. The van der Waals surface area contributed by atoms with Crippen molar-refractivity contribution < 1.29 is 4.42 Å². The molecule has 0 atom stereocenters. The van der Waals surface area contributed by atoms with Crippen LogP contribution in [0.1, 0.15) is 52.8 Å². The number of aromatic amines is 1. The summed E-state index contributed by atoms with van der Waals surface area (Å²) in [5, 5.41) is 1.07. The summed E-state index contributed by atoms with van der Waals surface area (Å²) >= 11 is 0. The van der Waals surface area contributed by atoms with Gasteiger partial charge in [-0.05, 0) is 35.2 Å². The molecule has 4 heteroatoms. The van der Waals surface area contributed by atoms with Gasteiger partial charge >= 0.3 is 0 Å². The molecule has 0 saturated heterocycles. The lowest BCUT2D eigenvalue weighted by Crippen LogP contribution is -2.11. The van der Waals surface area contributed by atoms with E-state index in [1.165, 1.54) is 11.3 Å². The zero-order chi connectivity index (χ0) is 18.7. The number of oxazole rings is 1. The van der Waals surface area contributed by atoms with Crippen LogP contribution in [0.3, 0.4) is 0 Å². The highest BCUT2D eigenvalue weighted by Crippen LogP contribution is 2.31. The molecule has 1 N–H and O–H groups in total. The second kappa shape index (κ2) is 5.44. The first kappa shape index (κ1) is 16.8. The number of H-pyrrole nitrogens is 1. The zero-order valence-electron chi connectivity index (χ0n) is 16.3. The molecular formula is C22H25N3O. The number of rotatable bonds is 1. The first-order chi connectivity index (χ1) is 12.1. The van der Waals surface area contributed by atoms with Crippen molar-refractivity contribution >= 4 is 22.1 Å². The molecular weight excluding hydrogens is 322 g/mol. The molecule has 0 aliphatic rings. The van der Waals surface area contributed by atoms with Gasteiger partial charge in [0.25, 0.3) is 0 Å². The molecule has 0 saturated carbocycles. The van der Waals surface area contributed by atoms with E-state index >= 15 is 0 Å². The van der Waals surface area contributed by atoms with Gasteiger partial charge in [0.15, 0.2) is 5.58 Å². The van der Waals surface area contributed by atoms with Crippen LogP contribution in [0.15, 0.2) is 40.9 Å². The van der Waals surface area contributed by atoms with Crippen molar-refractivity contribution in [3.05, 3.63) is 47.8 Å². The molecule has 134 valence electrons. The Kier molecular flexibility index (Phi) is 3.52. The lowest BCUT2D eigenvalue weighted by atomic mass is 9.87. The second-order valence-corrected chi connectivity index (χ2v) is 9.05. The topological polar surface area (TPSA) is 54.7 Å². The molecule has 0 radical (unpaired) electrons. The van der Waals surface area contributed by atoms with Crippen molar-refractivity contribution in [1.29, 1.82) is 0 Å². The van der Waals surface area contributed by atoms with Crippen molar-refractivity contribution in [3.8, 4) is 11.5 Å². The highest BCUT2D eigenvalue weighted by Gasteiger charge is 2.19. The molecule has 3 aromatic heterocycles. The normalized spacial score (nSPS) is 13.0. The Balaban J connectivity index is 1.79. The van der Waals surface area contributed by atoms with Gasteiger partial charge in [0.2, 0.25) is 5.89 Å². The molecule has 0 bridgehead atoms. The Morgan fingerprint density at radius 3 is 2.38 bits per heavy atom. The van der Waals surface area contributed by atoms with Crippen molar-refractivity contribution in [2.75, 3.05) is 0 Å². The first-order valence-corrected chi connectivity index (χ1v) is 9.02. The van der Waals surface area contributed by atoms with E-state index in [0.717, 1.165) is 27.7 Å². The summed E-state index contributed by atoms with van der Waals surface area (Å²) in [6, 6.07) is 10.5. The van der Waals surface area contributed by atoms with Crippen molar-refractivity contribution in [1.82, 2.24) is 15.0 Å². The summed E-state index contributed by atoms with van der Waals surface area (Å²) in [7, 11) is 0. The standard InChI is InChI=1S/C22H25N3O/c1-21(2,3)15-7-8-16-17(11-15)26-20(24-16)14-9-13-10-18(22(4,5)6)25-19(13)23-12-14/h7-12H,1-6H3,(H,23,25). The molecule has 0 aliphatic carbocycles. The lowest BCUT2D eigenvalue weighted by Gasteiger charge is -2.18.